The van der Waals surface area contributed by atoms with Crippen molar-refractivity contribution in [3.8, 4) is 0 Å². The van der Waals surface area contributed by atoms with Crippen LogP contribution in [0.1, 0.15) is 265 Å². The molecular formula is C52H119N3O3S2. The molecule has 0 aliphatic carbocycles. The molecule has 0 radical (unpaired) electrons. The average molecular weight is 899 g/mol. The van der Waals surface area contributed by atoms with E-state index in [2.05, 4.69) is 105 Å². The van der Waals surface area contributed by atoms with E-state index in [0.29, 0.717) is 11.7 Å². The fourth-order valence-corrected chi connectivity index (χ4v) is 5.40. The van der Waals surface area contributed by atoms with Crippen molar-refractivity contribution in [2.24, 2.45) is 0 Å². The number of rotatable bonds is 27. The van der Waals surface area contributed by atoms with Gasteiger partial charge in [0.1, 0.15) is 0 Å². The molecule has 0 aromatic heterocycles. The lowest BCUT2D eigenvalue weighted by Gasteiger charge is -2.20. The minimum atomic E-state index is -0.0864. The largest absolute Gasteiger partial charge is 0.469 e. The fraction of sp³-hybridized carbons (Fsp3) is 0.942. The molecule has 8 heteroatoms. The van der Waals surface area contributed by atoms with Gasteiger partial charge in [0.25, 0.3) is 0 Å². The highest BCUT2D eigenvalue weighted by Gasteiger charge is 2.08. The number of nitrogens with zero attached hydrogens (tertiary/aromatic N) is 2. The molecule has 0 spiro atoms. The van der Waals surface area contributed by atoms with Gasteiger partial charge in [-0.15, -0.1) is 0 Å². The van der Waals surface area contributed by atoms with E-state index >= 15 is 0 Å². The lowest BCUT2D eigenvalue weighted by molar-refractivity contribution is -0.140. The predicted molar refractivity (Wildman–Crippen MR) is 288 cm³/mol. The number of esters is 1. The summed E-state index contributed by atoms with van der Waals surface area (Å²) in [6.07, 6.45) is 29.8. The van der Waals surface area contributed by atoms with Crippen LogP contribution in [0.5, 0.6) is 0 Å². The Hall–Kier alpha value is -0.700. The normalized spacial score (nSPS) is 9.70. The summed E-state index contributed by atoms with van der Waals surface area (Å²) in [7, 11) is 7.45. The molecule has 0 heterocycles. The van der Waals surface area contributed by atoms with Gasteiger partial charge in [-0.1, -0.05) is 243 Å². The topological polar surface area (TPSA) is 61.9 Å². The van der Waals surface area contributed by atoms with Crippen molar-refractivity contribution < 1.29 is 14.3 Å². The Bertz CT molecular complexity index is 658. The monoisotopic (exact) mass is 898 g/mol. The highest BCUT2D eigenvalue weighted by Crippen LogP contribution is 2.21. The Labute approximate surface area is 392 Å². The smallest absolute Gasteiger partial charge is 0.305 e. The number of hydrogen-bond donors (Lipinski definition) is 1. The third-order valence-electron chi connectivity index (χ3n) is 7.74. The quantitative estimate of drug-likeness (QED) is 0.0497. The van der Waals surface area contributed by atoms with Crippen molar-refractivity contribution in [1.29, 1.82) is 0 Å². The first-order chi connectivity index (χ1) is 28.7. The van der Waals surface area contributed by atoms with Crippen LogP contribution in [0.2, 0.25) is 0 Å². The molecule has 0 saturated heterocycles. The maximum atomic E-state index is 10.9. The zero-order chi connectivity index (χ0) is 48.5. The molecule has 0 aliphatic rings. The second-order valence-corrected chi connectivity index (χ2v) is 17.0. The van der Waals surface area contributed by atoms with Crippen LogP contribution in [0.4, 0.5) is 0 Å². The minimum Gasteiger partial charge on any atom is -0.469 e. The summed E-state index contributed by atoms with van der Waals surface area (Å²) in [4.78, 5) is 26.3. The highest BCUT2D eigenvalue weighted by molar-refractivity contribution is 8.14. The van der Waals surface area contributed by atoms with E-state index in [-0.39, 0.29) is 11.1 Å². The predicted octanol–water partition coefficient (Wildman–Crippen LogP) is 17.4. The van der Waals surface area contributed by atoms with Gasteiger partial charge in [-0.25, -0.2) is 0 Å². The second kappa shape index (κ2) is 89.3. The molecule has 1 unspecified atom stereocenters. The number of ether oxygens (including phenoxy) is 1. The second-order valence-electron chi connectivity index (χ2n) is 15.3. The van der Waals surface area contributed by atoms with Gasteiger partial charge in [-0.2, -0.15) is 0 Å². The standard InChI is InChI=1S/C16H32N2O2S.C10H20OS.C6H14.C5H12.C4H10.C3H9N.2C3H8.C2H6/c1-3-18(14-10-12-17-15-21)13-9-7-5-4-6-8-11-16(19)20-2;1-4-6-7-8-10(5-2)12-9(3)11;1-3-5-6-4-2;1-3-5-4-2;1-3-4-2;1-4(2)3;2*1-3-2;1-2/h15H,3-14H2,1-2H3,(H,17,21);10H,4-8H2,1-3H3;3-6H2,1-2H3;3-5H2,1-2H3;3-4H2,1-2H3;1-3H3;2*3H2,1-2H3;1-2H3. The van der Waals surface area contributed by atoms with E-state index in [1.165, 1.54) is 147 Å². The number of thioether (sulfide) groups is 1. The molecule has 0 aromatic rings. The molecule has 0 aliphatic heterocycles. The fourth-order valence-electron chi connectivity index (χ4n) is 4.36. The molecule has 0 saturated carbocycles. The van der Waals surface area contributed by atoms with Crippen molar-refractivity contribution in [3.05, 3.63) is 0 Å². The van der Waals surface area contributed by atoms with Gasteiger partial charge in [0.15, 0.2) is 5.12 Å². The molecule has 0 amide bonds. The lowest BCUT2D eigenvalue weighted by atomic mass is 10.1. The van der Waals surface area contributed by atoms with Gasteiger partial charge >= 0.3 is 5.97 Å². The van der Waals surface area contributed by atoms with E-state index in [9.17, 15) is 9.59 Å². The van der Waals surface area contributed by atoms with E-state index in [4.69, 9.17) is 12.2 Å². The van der Waals surface area contributed by atoms with Crippen LogP contribution in [0.15, 0.2) is 0 Å². The van der Waals surface area contributed by atoms with Crippen molar-refractivity contribution in [2.75, 3.05) is 54.4 Å². The Morgan fingerprint density at radius 1 is 0.600 bits per heavy atom. The summed E-state index contributed by atoms with van der Waals surface area (Å²) >= 11 is 6.25. The van der Waals surface area contributed by atoms with Gasteiger partial charge in [0, 0.05) is 25.1 Å². The summed E-state index contributed by atoms with van der Waals surface area (Å²) in [5.41, 5.74) is 1.59. The zero-order valence-electron chi connectivity index (χ0n) is 45.4. The van der Waals surface area contributed by atoms with Crippen molar-refractivity contribution >= 4 is 40.6 Å². The van der Waals surface area contributed by atoms with Crippen molar-refractivity contribution in [3.63, 3.8) is 0 Å². The summed E-state index contributed by atoms with van der Waals surface area (Å²) < 4.78 is 4.62. The Kier molecular flexibility index (Phi) is 119. The average Bonchev–Trinajstić information content (AvgIpc) is 3.23. The molecule has 1 atom stereocenters. The van der Waals surface area contributed by atoms with Crippen LogP contribution in [0, 0.1) is 0 Å². The van der Waals surface area contributed by atoms with Crippen LogP contribution in [0.3, 0.4) is 0 Å². The third-order valence-corrected chi connectivity index (χ3v) is 9.14. The number of carbonyl (C=O) groups is 2. The maximum Gasteiger partial charge on any atom is 0.305 e. The van der Waals surface area contributed by atoms with Gasteiger partial charge in [-0.05, 0) is 72.9 Å². The molecule has 0 fully saturated rings. The number of thiocarbonyl (C=S) groups is 1. The van der Waals surface area contributed by atoms with Crippen molar-refractivity contribution in [1.82, 2.24) is 15.1 Å². The molecule has 60 heavy (non-hydrogen) atoms. The first-order valence-corrected chi connectivity index (χ1v) is 26.8. The minimum absolute atomic E-state index is 0.0864. The number of nitrogens with one attached hydrogen (secondary N) is 1. The SMILES string of the molecule is CC.CCC.CCC.CCCC.CCCCC.CCCCCC.CCCCCC(CC)SC(C)=O.CCN(CCCCCCCCC(=O)OC)CCCNC=S.CN(C)C. The van der Waals surface area contributed by atoms with Crippen LogP contribution in [-0.2, 0) is 14.3 Å². The highest BCUT2D eigenvalue weighted by atomic mass is 32.2. The summed E-state index contributed by atoms with van der Waals surface area (Å²) in [5.74, 6) is -0.0864. The number of methoxy groups -OCH3 is 1. The molecular weight excluding hydrogens is 779 g/mol. The summed E-state index contributed by atoms with van der Waals surface area (Å²) in [6.45, 7) is 38.4. The van der Waals surface area contributed by atoms with E-state index in [1.807, 2.05) is 39.9 Å². The molecule has 1 N–H and O–H groups in total. The van der Waals surface area contributed by atoms with Gasteiger partial charge in [0.05, 0.1) is 12.6 Å². The number of unbranched alkanes of at least 4 members (excludes halogenated alkanes) is 13. The van der Waals surface area contributed by atoms with E-state index < -0.39 is 0 Å². The molecule has 0 rings (SSSR count). The van der Waals surface area contributed by atoms with Crippen LogP contribution in [-0.4, -0.2) is 86.1 Å². The van der Waals surface area contributed by atoms with Crippen molar-refractivity contribution in [2.45, 2.75) is 270 Å². The van der Waals surface area contributed by atoms with Crippen LogP contribution < -0.4 is 5.32 Å². The number of carbonyl (C=O) groups excluding carboxylic acids is 2. The molecule has 0 aromatic carbocycles. The molecule has 0 bridgehead atoms. The third kappa shape index (κ3) is 131. The zero-order valence-corrected chi connectivity index (χ0v) is 47.0. The molecule has 6 nitrogen and oxygen atoms in total. The number of hydrogen-bond acceptors (Lipinski definition) is 7. The Balaban J connectivity index is -0.0000000803. The summed E-state index contributed by atoms with van der Waals surface area (Å²) in [6, 6.07) is 0. The van der Waals surface area contributed by atoms with Gasteiger partial charge < -0.3 is 19.9 Å². The molecule has 372 valence electrons. The van der Waals surface area contributed by atoms with Crippen LogP contribution in [0.25, 0.3) is 0 Å². The van der Waals surface area contributed by atoms with E-state index in [0.717, 1.165) is 45.3 Å². The first-order valence-electron chi connectivity index (χ1n) is 25.5. The Morgan fingerprint density at radius 2 is 0.983 bits per heavy atom. The first kappa shape index (κ1) is 79.7. The maximum absolute atomic E-state index is 10.9. The summed E-state index contributed by atoms with van der Waals surface area (Å²) in [5, 5.41) is 3.89. The lowest BCUT2D eigenvalue weighted by Crippen LogP contribution is -2.28. The van der Waals surface area contributed by atoms with Gasteiger partial charge in [-0.3, -0.25) is 9.59 Å². The Morgan fingerprint density at radius 3 is 1.30 bits per heavy atom. The van der Waals surface area contributed by atoms with E-state index in [1.54, 1.807) is 12.4 Å². The van der Waals surface area contributed by atoms with Gasteiger partial charge in [0.2, 0.25) is 0 Å². The van der Waals surface area contributed by atoms with Crippen LogP contribution >= 0.6 is 24.0 Å².